The zero-order valence-electron chi connectivity index (χ0n) is 17.7. The summed E-state index contributed by atoms with van der Waals surface area (Å²) in [5.74, 6) is 0.289. The smallest absolute Gasteiger partial charge is 0.283 e. The molecule has 5 aromatic rings. The summed E-state index contributed by atoms with van der Waals surface area (Å²) in [6.07, 6.45) is 0. The number of anilines is 1. The van der Waals surface area contributed by atoms with E-state index in [0.717, 1.165) is 27.7 Å². The highest BCUT2D eigenvalue weighted by Crippen LogP contribution is 2.29. The van der Waals surface area contributed by atoms with Gasteiger partial charge in [-0.1, -0.05) is 53.4 Å². The van der Waals surface area contributed by atoms with Gasteiger partial charge in [0.1, 0.15) is 21.8 Å². The van der Waals surface area contributed by atoms with E-state index in [1.165, 1.54) is 15.9 Å². The van der Waals surface area contributed by atoms with Crippen LogP contribution in [-0.2, 0) is 4.79 Å². The number of rotatable bonds is 6. The van der Waals surface area contributed by atoms with E-state index >= 15 is 0 Å². The first-order chi connectivity index (χ1) is 16.0. The van der Waals surface area contributed by atoms with Gasteiger partial charge in [0.25, 0.3) is 5.56 Å². The number of benzene rings is 2. The van der Waals surface area contributed by atoms with Crippen LogP contribution in [0.1, 0.15) is 5.01 Å². The molecule has 0 aliphatic carbocycles. The Morgan fingerprint density at radius 1 is 1.18 bits per heavy atom. The van der Waals surface area contributed by atoms with Crippen molar-refractivity contribution in [2.75, 3.05) is 18.2 Å². The van der Waals surface area contributed by atoms with Gasteiger partial charge < -0.3 is 9.72 Å². The topological polar surface area (TPSA) is 115 Å². The molecule has 11 heteroatoms. The van der Waals surface area contributed by atoms with Crippen LogP contribution >= 0.6 is 23.1 Å². The van der Waals surface area contributed by atoms with Crippen LogP contribution in [0.25, 0.3) is 27.6 Å². The molecule has 166 valence electrons. The standard InChI is InChI=1S/C22H18N6O3S2/c1-12-26-27-21(33-12)24-17(29)11-32-22-25-18-13-7-3-4-8-14(13)23-19(18)20(30)28(22)15-9-5-6-10-16(15)31-2/h3-10,23H,11H2,1-2H3,(H,24,27,29). The second-order valence-corrected chi connectivity index (χ2v) is 9.19. The molecule has 2 aromatic carbocycles. The maximum absolute atomic E-state index is 13.6. The normalized spacial score (nSPS) is 11.2. The highest BCUT2D eigenvalue weighted by molar-refractivity contribution is 7.99. The van der Waals surface area contributed by atoms with Crippen LogP contribution in [0, 0.1) is 6.92 Å². The van der Waals surface area contributed by atoms with Gasteiger partial charge in [-0.05, 0) is 25.1 Å². The fraction of sp³-hybridized carbons (Fsp3) is 0.136. The van der Waals surface area contributed by atoms with Crippen molar-refractivity contribution in [1.82, 2.24) is 24.7 Å². The Kier molecular flexibility index (Phi) is 5.56. The number of amides is 1. The number of methoxy groups -OCH3 is 1. The monoisotopic (exact) mass is 478 g/mol. The van der Waals surface area contributed by atoms with E-state index < -0.39 is 0 Å². The van der Waals surface area contributed by atoms with Gasteiger partial charge >= 0.3 is 0 Å². The summed E-state index contributed by atoms with van der Waals surface area (Å²) in [5.41, 5.74) is 2.03. The van der Waals surface area contributed by atoms with Crippen LogP contribution in [0.4, 0.5) is 5.13 Å². The van der Waals surface area contributed by atoms with Gasteiger partial charge in [0, 0.05) is 10.9 Å². The number of carbonyl (C=O) groups excluding carboxylic acids is 1. The van der Waals surface area contributed by atoms with Crippen LogP contribution in [0.2, 0.25) is 0 Å². The number of nitrogens with zero attached hydrogens (tertiary/aromatic N) is 4. The zero-order valence-corrected chi connectivity index (χ0v) is 19.3. The first-order valence-corrected chi connectivity index (χ1v) is 11.7. The lowest BCUT2D eigenvalue weighted by Crippen LogP contribution is -2.23. The summed E-state index contributed by atoms with van der Waals surface area (Å²) < 4.78 is 6.96. The maximum Gasteiger partial charge on any atom is 0.283 e. The van der Waals surface area contributed by atoms with Crippen LogP contribution in [0.3, 0.4) is 0 Å². The summed E-state index contributed by atoms with van der Waals surface area (Å²) in [5, 5.41) is 13.0. The first kappa shape index (κ1) is 21.2. The average molecular weight is 479 g/mol. The molecule has 1 amide bonds. The maximum atomic E-state index is 13.6. The van der Waals surface area contributed by atoms with E-state index in [4.69, 9.17) is 9.72 Å². The Morgan fingerprint density at radius 3 is 2.76 bits per heavy atom. The molecule has 0 unspecified atom stereocenters. The number of fused-ring (bicyclic) bond motifs is 3. The Balaban J connectivity index is 1.61. The quantitative estimate of drug-likeness (QED) is 0.282. The van der Waals surface area contributed by atoms with Gasteiger partial charge in [-0.2, -0.15) is 0 Å². The average Bonchev–Trinajstić information content (AvgIpc) is 3.41. The molecule has 3 aromatic heterocycles. The lowest BCUT2D eigenvalue weighted by Gasteiger charge is -2.14. The highest BCUT2D eigenvalue weighted by atomic mass is 32.2. The van der Waals surface area contributed by atoms with Crippen LogP contribution in [0.15, 0.2) is 58.5 Å². The van der Waals surface area contributed by atoms with Gasteiger partial charge in [-0.3, -0.25) is 14.9 Å². The summed E-state index contributed by atoms with van der Waals surface area (Å²) in [6, 6.07) is 14.8. The number of aryl methyl sites for hydroxylation is 1. The number of carbonyl (C=O) groups is 1. The SMILES string of the molecule is COc1ccccc1-n1c(SCC(=O)Nc2nnc(C)s2)nc2c([nH]c3ccccc32)c1=O. The van der Waals surface area contributed by atoms with E-state index in [1.54, 1.807) is 19.2 Å². The van der Waals surface area contributed by atoms with E-state index in [0.29, 0.717) is 32.8 Å². The third-order valence-electron chi connectivity index (χ3n) is 4.93. The first-order valence-electron chi connectivity index (χ1n) is 9.95. The molecule has 3 heterocycles. The zero-order chi connectivity index (χ0) is 22.9. The molecule has 0 aliphatic rings. The Morgan fingerprint density at radius 2 is 1.97 bits per heavy atom. The number of para-hydroxylation sites is 3. The van der Waals surface area contributed by atoms with Gasteiger partial charge in [0.2, 0.25) is 11.0 Å². The molecule has 0 atom stereocenters. The fourth-order valence-electron chi connectivity index (χ4n) is 3.50. The Labute approximate surface area is 195 Å². The number of nitrogens with one attached hydrogen (secondary N) is 2. The molecule has 0 bridgehead atoms. The van der Waals surface area contributed by atoms with E-state index in [9.17, 15) is 9.59 Å². The van der Waals surface area contributed by atoms with Crippen molar-refractivity contribution in [3.8, 4) is 11.4 Å². The molecular weight excluding hydrogens is 460 g/mol. The van der Waals surface area contributed by atoms with Crippen molar-refractivity contribution in [3.63, 3.8) is 0 Å². The van der Waals surface area contributed by atoms with Gasteiger partial charge in [0.05, 0.1) is 18.6 Å². The minimum atomic E-state index is -0.275. The third-order valence-corrected chi connectivity index (χ3v) is 6.62. The number of H-pyrrole nitrogens is 1. The fourth-order valence-corrected chi connectivity index (χ4v) is 4.91. The lowest BCUT2D eigenvalue weighted by molar-refractivity contribution is -0.113. The molecule has 0 fully saturated rings. The minimum Gasteiger partial charge on any atom is -0.495 e. The summed E-state index contributed by atoms with van der Waals surface area (Å²) >= 11 is 2.46. The number of hydrogen-bond donors (Lipinski definition) is 2. The van der Waals surface area contributed by atoms with Crippen LogP contribution < -0.4 is 15.6 Å². The lowest BCUT2D eigenvalue weighted by atomic mass is 10.2. The predicted molar refractivity (Wildman–Crippen MR) is 130 cm³/mol. The number of hydrogen-bond acceptors (Lipinski definition) is 8. The van der Waals surface area contributed by atoms with Crippen molar-refractivity contribution < 1.29 is 9.53 Å². The Bertz CT molecular complexity index is 1560. The van der Waals surface area contributed by atoms with Crippen molar-refractivity contribution in [3.05, 3.63) is 63.9 Å². The molecule has 2 N–H and O–H groups in total. The van der Waals surface area contributed by atoms with Gasteiger partial charge in [0.15, 0.2) is 5.16 Å². The van der Waals surface area contributed by atoms with E-state index in [-0.39, 0.29) is 17.2 Å². The molecule has 9 nitrogen and oxygen atoms in total. The molecule has 5 rings (SSSR count). The Hall–Kier alpha value is -3.70. The van der Waals surface area contributed by atoms with Gasteiger partial charge in [-0.25, -0.2) is 9.55 Å². The number of ether oxygens (including phenoxy) is 1. The van der Waals surface area contributed by atoms with Crippen molar-refractivity contribution in [1.29, 1.82) is 0 Å². The van der Waals surface area contributed by atoms with Crippen LogP contribution in [-0.4, -0.2) is 43.5 Å². The van der Waals surface area contributed by atoms with Crippen LogP contribution in [0.5, 0.6) is 5.75 Å². The molecule has 33 heavy (non-hydrogen) atoms. The molecule has 0 radical (unpaired) electrons. The minimum absolute atomic E-state index is 0.0358. The van der Waals surface area contributed by atoms with Crippen molar-refractivity contribution in [2.45, 2.75) is 12.1 Å². The second kappa shape index (κ2) is 8.68. The summed E-state index contributed by atoms with van der Waals surface area (Å²) in [6.45, 7) is 1.81. The van der Waals surface area contributed by atoms with E-state index in [2.05, 4.69) is 20.5 Å². The largest absolute Gasteiger partial charge is 0.495 e. The summed E-state index contributed by atoms with van der Waals surface area (Å²) in [4.78, 5) is 34.1. The predicted octanol–water partition coefficient (Wildman–Crippen LogP) is 3.77. The summed E-state index contributed by atoms with van der Waals surface area (Å²) in [7, 11) is 1.54. The van der Waals surface area contributed by atoms with E-state index in [1.807, 2.05) is 43.3 Å². The van der Waals surface area contributed by atoms with Crippen molar-refractivity contribution >= 4 is 56.1 Å². The molecule has 0 saturated carbocycles. The number of thioether (sulfide) groups is 1. The third kappa shape index (κ3) is 3.96. The second-order valence-electron chi connectivity index (χ2n) is 7.06. The molecule has 0 aliphatic heterocycles. The molecular formula is C22H18N6O3S2. The van der Waals surface area contributed by atoms with Crippen molar-refractivity contribution in [2.24, 2.45) is 0 Å². The van der Waals surface area contributed by atoms with Gasteiger partial charge in [-0.15, -0.1) is 10.2 Å². The molecule has 0 spiro atoms. The highest BCUT2D eigenvalue weighted by Gasteiger charge is 2.20. The molecule has 0 saturated heterocycles. The number of aromatic nitrogens is 5. The number of aromatic amines is 1.